The SMILES string of the molecule is I.O=C(O)C1=CCCC2CCC12. The summed E-state index contributed by atoms with van der Waals surface area (Å²) in [6, 6.07) is 0. The van der Waals surface area contributed by atoms with Crippen molar-refractivity contribution in [2.24, 2.45) is 11.8 Å². The van der Waals surface area contributed by atoms with E-state index in [1.807, 2.05) is 6.08 Å². The van der Waals surface area contributed by atoms with Gasteiger partial charge < -0.3 is 5.11 Å². The van der Waals surface area contributed by atoms with Gasteiger partial charge in [0.2, 0.25) is 0 Å². The lowest BCUT2D eigenvalue weighted by Crippen LogP contribution is -2.32. The third kappa shape index (κ3) is 1.51. The average molecular weight is 280 g/mol. The summed E-state index contributed by atoms with van der Waals surface area (Å²) in [6.45, 7) is 0. The van der Waals surface area contributed by atoms with Crippen LogP contribution in [0.15, 0.2) is 11.6 Å². The summed E-state index contributed by atoms with van der Waals surface area (Å²) >= 11 is 0. The zero-order chi connectivity index (χ0) is 7.84. The fourth-order valence-electron chi connectivity index (χ4n) is 2.17. The van der Waals surface area contributed by atoms with Gasteiger partial charge in [-0.2, -0.15) is 0 Å². The molecule has 2 rings (SSSR count). The highest BCUT2D eigenvalue weighted by molar-refractivity contribution is 14.0. The standard InChI is InChI=1S/C9H12O2.HI/c10-9(11)8-3-1-2-6-4-5-7(6)8;/h3,6-7H,1-2,4-5H2,(H,10,11);1H. The van der Waals surface area contributed by atoms with Crippen LogP contribution in [-0.4, -0.2) is 11.1 Å². The topological polar surface area (TPSA) is 37.3 Å². The Kier molecular flexibility index (Phi) is 3.15. The largest absolute Gasteiger partial charge is 0.478 e. The molecule has 0 aliphatic heterocycles. The van der Waals surface area contributed by atoms with Gasteiger partial charge in [0.05, 0.1) is 0 Å². The van der Waals surface area contributed by atoms with Gasteiger partial charge >= 0.3 is 5.97 Å². The number of carboxylic acids is 1. The van der Waals surface area contributed by atoms with Gasteiger partial charge in [-0.15, -0.1) is 24.0 Å². The van der Waals surface area contributed by atoms with Crippen LogP contribution in [0.4, 0.5) is 0 Å². The smallest absolute Gasteiger partial charge is 0.331 e. The minimum atomic E-state index is -0.695. The van der Waals surface area contributed by atoms with E-state index in [1.54, 1.807) is 0 Å². The number of carboxylic acid groups (broad SMARTS) is 1. The highest BCUT2D eigenvalue weighted by atomic mass is 127. The highest BCUT2D eigenvalue weighted by Crippen LogP contribution is 2.45. The van der Waals surface area contributed by atoms with Gasteiger partial charge in [-0.1, -0.05) is 6.08 Å². The Balaban J connectivity index is 0.000000720. The van der Waals surface area contributed by atoms with E-state index in [2.05, 4.69) is 0 Å². The fraction of sp³-hybridized carbons (Fsp3) is 0.667. The van der Waals surface area contributed by atoms with Gasteiger partial charge in [0.25, 0.3) is 0 Å². The fourth-order valence-corrected chi connectivity index (χ4v) is 2.17. The predicted octanol–water partition coefficient (Wildman–Crippen LogP) is 2.44. The van der Waals surface area contributed by atoms with Crippen LogP contribution < -0.4 is 0 Å². The molecule has 1 N–H and O–H groups in total. The zero-order valence-electron chi connectivity index (χ0n) is 6.82. The minimum absolute atomic E-state index is 0. The first-order chi connectivity index (χ1) is 5.29. The third-order valence-corrected chi connectivity index (χ3v) is 2.97. The summed E-state index contributed by atoms with van der Waals surface area (Å²) in [5, 5.41) is 8.79. The van der Waals surface area contributed by atoms with E-state index in [9.17, 15) is 4.79 Å². The summed E-state index contributed by atoms with van der Waals surface area (Å²) < 4.78 is 0. The summed E-state index contributed by atoms with van der Waals surface area (Å²) in [7, 11) is 0. The Morgan fingerprint density at radius 2 is 2.17 bits per heavy atom. The zero-order valence-corrected chi connectivity index (χ0v) is 9.15. The first-order valence-corrected chi connectivity index (χ1v) is 4.22. The van der Waals surface area contributed by atoms with Crippen LogP contribution in [0.3, 0.4) is 0 Å². The Morgan fingerprint density at radius 1 is 1.42 bits per heavy atom. The second-order valence-corrected chi connectivity index (χ2v) is 3.49. The third-order valence-electron chi connectivity index (χ3n) is 2.97. The molecule has 68 valence electrons. The molecule has 0 spiro atoms. The number of rotatable bonds is 1. The van der Waals surface area contributed by atoms with Gasteiger partial charge in [0.15, 0.2) is 0 Å². The molecule has 3 heteroatoms. The molecule has 1 saturated carbocycles. The quantitative estimate of drug-likeness (QED) is 0.749. The molecule has 1 fully saturated rings. The maximum atomic E-state index is 10.7. The molecule has 0 bridgehead atoms. The monoisotopic (exact) mass is 280 g/mol. The molecule has 2 nitrogen and oxygen atoms in total. The Morgan fingerprint density at radius 3 is 2.58 bits per heavy atom. The summed E-state index contributed by atoms with van der Waals surface area (Å²) in [5.41, 5.74) is 0.688. The van der Waals surface area contributed by atoms with Crippen molar-refractivity contribution in [1.82, 2.24) is 0 Å². The number of allylic oxidation sites excluding steroid dienone is 1. The first-order valence-electron chi connectivity index (χ1n) is 4.22. The van der Waals surface area contributed by atoms with Gasteiger partial charge in [-0.25, -0.2) is 4.79 Å². The van der Waals surface area contributed by atoms with Crippen LogP contribution in [0, 0.1) is 11.8 Å². The molecule has 0 saturated heterocycles. The van der Waals surface area contributed by atoms with Crippen LogP contribution in [0.2, 0.25) is 0 Å². The molecule has 2 atom stereocenters. The van der Waals surface area contributed by atoms with E-state index in [1.165, 1.54) is 12.8 Å². The molecule has 0 amide bonds. The lowest BCUT2D eigenvalue weighted by molar-refractivity contribution is -0.134. The van der Waals surface area contributed by atoms with E-state index >= 15 is 0 Å². The van der Waals surface area contributed by atoms with Gasteiger partial charge in [0, 0.05) is 5.57 Å². The molecule has 0 aromatic rings. The number of halogens is 1. The summed E-state index contributed by atoms with van der Waals surface area (Å²) in [5.74, 6) is 0.409. The average Bonchev–Trinajstić information content (AvgIpc) is 1.90. The normalized spacial score (nSPS) is 32.2. The van der Waals surface area contributed by atoms with E-state index in [0.29, 0.717) is 17.4 Å². The molecule has 0 aromatic heterocycles. The molecule has 2 aliphatic rings. The minimum Gasteiger partial charge on any atom is -0.478 e. The van der Waals surface area contributed by atoms with Crippen LogP contribution in [0.5, 0.6) is 0 Å². The Bertz CT molecular complexity index is 223. The number of fused-ring (bicyclic) bond motifs is 1. The Hall–Kier alpha value is -0.0600. The van der Waals surface area contributed by atoms with E-state index in [4.69, 9.17) is 5.11 Å². The van der Waals surface area contributed by atoms with Crippen molar-refractivity contribution in [1.29, 1.82) is 0 Å². The summed E-state index contributed by atoms with van der Waals surface area (Å²) in [6.07, 6.45) is 6.44. The second-order valence-electron chi connectivity index (χ2n) is 3.49. The van der Waals surface area contributed by atoms with Crippen molar-refractivity contribution in [3.8, 4) is 0 Å². The molecular formula is C9H13IO2. The molecule has 0 aromatic carbocycles. The van der Waals surface area contributed by atoms with Crippen LogP contribution in [0.25, 0.3) is 0 Å². The van der Waals surface area contributed by atoms with Crippen LogP contribution in [-0.2, 0) is 4.79 Å². The van der Waals surface area contributed by atoms with Gasteiger partial charge in [-0.05, 0) is 37.5 Å². The van der Waals surface area contributed by atoms with Crippen molar-refractivity contribution in [2.75, 3.05) is 0 Å². The van der Waals surface area contributed by atoms with Crippen molar-refractivity contribution in [2.45, 2.75) is 25.7 Å². The number of carbonyl (C=O) groups is 1. The molecule has 12 heavy (non-hydrogen) atoms. The van der Waals surface area contributed by atoms with Gasteiger partial charge in [-0.3, -0.25) is 0 Å². The molecule has 0 radical (unpaired) electrons. The predicted molar refractivity (Wildman–Crippen MR) is 56.6 cm³/mol. The van der Waals surface area contributed by atoms with Crippen LogP contribution >= 0.6 is 24.0 Å². The van der Waals surface area contributed by atoms with Gasteiger partial charge in [0.1, 0.15) is 0 Å². The van der Waals surface area contributed by atoms with Crippen molar-refractivity contribution in [3.05, 3.63) is 11.6 Å². The first kappa shape index (κ1) is 10.0. The van der Waals surface area contributed by atoms with Crippen LogP contribution in [0.1, 0.15) is 25.7 Å². The van der Waals surface area contributed by atoms with Crippen molar-refractivity contribution in [3.63, 3.8) is 0 Å². The van der Waals surface area contributed by atoms with E-state index in [0.717, 1.165) is 12.8 Å². The molecular weight excluding hydrogens is 267 g/mol. The highest BCUT2D eigenvalue weighted by Gasteiger charge is 2.37. The van der Waals surface area contributed by atoms with Crippen molar-refractivity contribution < 1.29 is 9.90 Å². The lowest BCUT2D eigenvalue weighted by Gasteiger charge is -2.39. The summed E-state index contributed by atoms with van der Waals surface area (Å²) in [4.78, 5) is 10.7. The maximum Gasteiger partial charge on any atom is 0.331 e. The van der Waals surface area contributed by atoms with Crippen molar-refractivity contribution >= 4 is 29.9 Å². The number of aliphatic carboxylic acids is 1. The second kappa shape index (κ2) is 3.77. The molecule has 2 unspecified atom stereocenters. The lowest BCUT2D eigenvalue weighted by atomic mass is 9.65. The molecule has 2 aliphatic carbocycles. The number of hydrogen-bond acceptors (Lipinski definition) is 1. The number of hydrogen-bond donors (Lipinski definition) is 1. The molecule has 0 heterocycles. The van der Waals surface area contributed by atoms with E-state index in [-0.39, 0.29) is 24.0 Å². The van der Waals surface area contributed by atoms with E-state index < -0.39 is 5.97 Å². The maximum absolute atomic E-state index is 10.7. The Labute approximate surface area is 89.1 Å².